The predicted octanol–water partition coefficient (Wildman–Crippen LogP) is 2.01. The van der Waals surface area contributed by atoms with Crippen LogP contribution >= 0.6 is 0 Å². The molecule has 2 amide bonds. The number of rotatable bonds is 15. The molecule has 2 aromatic carbocycles. The zero-order valence-corrected chi connectivity index (χ0v) is 23.2. The summed E-state index contributed by atoms with van der Waals surface area (Å²) in [6.45, 7) is 5.57. The van der Waals surface area contributed by atoms with Crippen molar-refractivity contribution in [3.8, 4) is 0 Å². The molecule has 210 valence electrons. The van der Waals surface area contributed by atoms with Gasteiger partial charge in [-0.05, 0) is 36.5 Å². The number of pyridine rings is 1. The normalized spacial score (nSPS) is 14.0. The van der Waals surface area contributed by atoms with Crippen molar-refractivity contribution in [2.24, 2.45) is 23.1 Å². The second-order valence-corrected chi connectivity index (χ2v) is 10.7. The molecule has 0 aliphatic rings. The number of carbonyl (C=O) groups is 2. The summed E-state index contributed by atoms with van der Waals surface area (Å²) in [6, 6.07) is 18.0. The fourth-order valence-electron chi connectivity index (χ4n) is 4.77. The largest absolute Gasteiger partial charge is 0.343 e. The number of likely N-dealkylation sites (N-methyl/N-ethyl adjacent to an activating group) is 1. The molecule has 0 saturated heterocycles. The summed E-state index contributed by atoms with van der Waals surface area (Å²) in [5, 5.41) is 6.79. The molecule has 0 radical (unpaired) electrons. The van der Waals surface area contributed by atoms with Crippen molar-refractivity contribution in [3.05, 3.63) is 72.4 Å². The summed E-state index contributed by atoms with van der Waals surface area (Å²) in [5.74, 6) is -0.717. The van der Waals surface area contributed by atoms with E-state index in [4.69, 9.17) is 17.2 Å². The lowest BCUT2D eigenvalue weighted by Gasteiger charge is -2.35. The highest BCUT2D eigenvalue weighted by Crippen LogP contribution is 2.17. The highest BCUT2D eigenvalue weighted by atomic mass is 16.2. The van der Waals surface area contributed by atoms with E-state index >= 15 is 0 Å². The van der Waals surface area contributed by atoms with E-state index < -0.39 is 12.1 Å². The number of para-hydroxylation sites is 1. The van der Waals surface area contributed by atoms with Crippen LogP contribution in [0, 0.1) is 5.92 Å². The van der Waals surface area contributed by atoms with E-state index in [9.17, 15) is 9.59 Å². The molecule has 3 atom stereocenters. The molecule has 0 saturated carbocycles. The minimum absolute atomic E-state index is 0.0829. The Morgan fingerprint density at radius 2 is 1.59 bits per heavy atom. The number of fused-ring (bicyclic) bond motifs is 1. The zero-order chi connectivity index (χ0) is 28.3. The number of aryl methyl sites for hydroxylation is 1. The van der Waals surface area contributed by atoms with E-state index in [-0.39, 0.29) is 17.7 Å². The monoisotopic (exact) mass is 534 g/mol. The zero-order valence-electron chi connectivity index (χ0n) is 23.2. The van der Waals surface area contributed by atoms with Gasteiger partial charge in [-0.1, -0.05) is 55.5 Å². The van der Waals surface area contributed by atoms with Crippen LogP contribution in [0.2, 0.25) is 0 Å². The van der Waals surface area contributed by atoms with Crippen LogP contribution in [0.5, 0.6) is 0 Å². The first kappa shape index (κ1) is 30.2. The van der Waals surface area contributed by atoms with Gasteiger partial charge in [-0.2, -0.15) is 0 Å². The van der Waals surface area contributed by atoms with Crippen molar-refractivity contribution in [1.29, 1.82) is 0 Å². The van der Waals surface area contributed by atoms with Gasteiger partial charge in [-0.3, -0.25) is 14.6 Å². The molecule has 0 bridgehead atoms. The van der Waals surface area contributed by atoms with Crippen LogP contribution in [-0.2, 0) is 16.0 Å². The van der Waals surface area contributed by atoms with Crippen LogP contribution in [-0.4, -0.2) is 73.1 Å². The number of hydrogen-bond donors (Lipinski definition) is 5. The quantitative estimate of drug-likeness (QED) is 0.188. The van der Waals surface area contributed by atoms with Crippen LogP contribution in [0.25, 0.3) is 10.9 Å². The maximum Gasteiger partial charge on any atom is 0.247 e. The first-order chi connectivity index (χ1) is 18.7. The number of amides is 2. The summed E-state index contributed by atoms with van der Waals surface area (Å²) < 4.78 is 0.744. The second kappa shape index (κ2) is 14.7. The molecule has 0 fully saturated rings. The first-order valence-electron chi connectivity index (χ1n) is 13.7. The molecule has 3 rings (SSSR count). The van der Waals surface area contributed by atoms with Gasteiger partial charge in [0.2, 0.25) is 11.8 Å². The van der Waals surface area contributed by atoms with Gasteiger partial charge in [-0.15, -0.1) is 0 Å². The van der Waals surface area contributed by atoms with Gasteiger partial charge >= 0.3 is 0 Å². The molecule has 1 aromatic heterocycles. The number of carbonyl (C=O) groups excluding carboxylic acids is 2. The molecule has 0 aliphatic heterocycles. The predicted molar refractivity (Wildman–Crippen MR) is 158 cm³/mol. The molecule has 0 aliphatic carbocycles. The number of aromatic nitrogens is 1. The average molecular weight is 535 g/mol. The standard InChI is InChI=1S/C30H43N7O2/c1-22(14-17-37(2,18-15-31)19-16-32)28(33)30(39)36-27(13-12-23-8-4-3-5-9-23)29(38)35-25-20-24-10-6-7-11-26(24)34-21-25/h3-11,20-22,27-28H,12-19,31-33H2,1-2H3,(H-,35,36,38,39)/p+1/t22-,27-,28-/m0/s1. The molecule has 3 aromatic rings. The summed E-state index contributed by atoms with van der Waals surface area (Å²) in [5.41, 5.74) is 20.5. The lowest BCUT2D eigenvalue weighted by Crippen LogP contribution is -2.54. The summed E-state index contributed by atoms with van der Waals surface area (Å²) in [6.07, 6.45) is 3.44. The van der Waals surface area contributed by atoms with Crippen molar-refractivity contribution < 1.29 is 14.1 Å². The number of nitrogens with zero attached hydrogens (tertiary/aromatic N) is 2. The molecule has 0 spiro atoms. The molecule has 8 N–H and O–H groups in total. The second-order valence-electron chi connectivity index (χ2n) is 10.7. The van der Waals surface area contributed by atoms with Crippen molar-refractivity contribution in [2.45, 2.75) is 38.3 Å². The Morgan fingerprint density at radius 3 is 2.28 bits per heavy atom. The Kier molecular flexibility index (Phi) is 11.4. The van der Waals surface area contributed by atoms with Crippen molar-refractivity contribution >= 4 is 28.4 Å². The summed E-state index contributed by atoms with van der Waals surface area (Å²) >= 11 is 0. The Hall–Kier alpha value is -3.37. The van der Waals surface area contributed by atoms with E-state index in [1.165, 1.54) is 0 Å². The smallest absolute Gasteiger partial charge is 0.247 e. The van der Waals surface area contributed by atoms with Gasteiger partial charge < -0.3 is 32.3 Å². The third-order valence-corrected chi connectivity index (χ3v) is 7.43. The fraction of sp³-hybridized carbons (Fsp3) is 0.433. The van der Waals surface area contributed by atoms with Gasteiger partial charge in [0.15, 0.2) is 0 Å². The van der Waals surface area contributed by atoms with E-state index in [2.05, 4.69) is 22.7 Å². The average Bonchev–Trinajstić information content (AvgIpc) is 2.94. The maximum absolute atomic E-state index is 13.4. The number of hydrogen-bond acceptors (Lipinski definition) is 6. The van der Waals surface area contributed by atoms with Gasteiger partial charge in [0.05, 0.1) is 50.1 Å². The third-order valence-electron chi connectivity index (χ3n) is 7.43. The Bertz CT molecular complexity index is 1200. The number of nitrogens with one attached hydrogen (secondary N) is 2. The van der Waals surface area contributed by atoms with Crippen LogP contribution < -0.4 is 27.8 Å². The van der Waals surface area contributed by atoms with Gasteiger partial charge in [0, 0.05) is 24.9 Å². The molecular formula is C30H44N7O2+. The van der Waals surface area contributed by atoms with Crippen molar-refractivity contribution in [2.75, 3.05) is 45.1 Å². The van der Waals surface area contributed by atoms with Gasteiger partial charge in [-0.25, -0.2) is 0 Å². The van der Waals surface area contributed by atoms with E-state index in [0.29, 0.717) is 31.6 Å². The molecule has 0 unspecified atom stereocenters. The lowest BCUT2D eigenvalue weighted by atomic mass is 9.96. The SMILES string of the molecule is C[C@@H](CC[N+](C)(CCN)CCN)[C@H](N)C(=O)N[C@@H](CCc1ccccc1)C(=O)Nc1cnc2ccccc2c1. The van der Waals surface area contributed by atoms with Gasteiger partial charge in [0.25, 0.3) is 0 Å². The van der Waals surface area contributed by atoms with Crippen LogP contribution in [0.4, 0.5) is 5.69 Å². The van der Waals surface area contributed by atoms with Crippen LogP contribution in [0.3, 0.4) is 0 Å². The van der Waals surface area contributed by atoms with Crippen LogP contribution in [0.15, 0.2) is 66.9 Å². The Morgan fingerprint density at radius 1 is 0.923 bits per heavy atom. The Balaban J connectivity index is 1.68. The highest BCUT2D eigenvalue weighted by molar-refractivity contribution is 5.98. The van der Waals surface area contributed by atoms with E-state index in [1.807, 2.05) is 67.6 Å². The molecule has 9 nitrogen and oxygen atoms in total. The molecule has 39 heavy (non-hydrogen) atoms. The minimum atomic E-state index is -0.752. The topological polar surface area (TPSA) is 149 Å². The van der Waals surface area contributed by atoms with E-state index in [1.54, 1.807) is 6.20 Å². The van der Waals surface area contributed by atoms with Crippen molar-refractivity contribution in [3.63, 3.8) is 0 Å². The van der Waals surface area contributed by atoms with Gasteiger partial charge in [0.1, 0.15) is 6.04 Å². The van der Waals surface area contributed by atoms with Crippen LogP contribution in [0.1, 0.15) is 25.3 Å². The molecular weight excluding hydrogens is 490 g/mol. The highest BCUT2D eigenvalue weighted by Gasteiger charge is 2.29. The molecule has 1 heterocycles. The van der Waals surface area contributed by atoms with E-state index in [0.717, 1.165) is 47.0 Å². The molecule has 9 heteroatoms. The number of quaternary nitrogens is 1. The van der Waals surface area contributed by atoms with Crippen molar-refractivity contribution in [1.82, 2.24) is 10.3 Å². The number of nitrogens with two attached hydrogens (primary N) is 3. The minimum Gasteiger partial charge on any atom is -0.343 e. The third kappa shape index (κ3) is 9.11. The number of benzene rings is 2. The first-order valence-corrected chi connectivity index (χ1v) is 13.7. The lowest BCUT2D eigenvalue weighted by molar-refractivity contribution is -0.907. The Labute approximate surface area is 231 Å². The maximum atomic E-state index is 13.4. The summed E-state index contributed by atoms with van der Waals surface area (Å²) in [4.78, 5) is 31.0. The summed E-state index contributed by atoms with van der Waals surface area (Å²) in [7, 11) is 2.13. The fourth-order valence-corrected chi connectivity index (χ4v) is 4.77. The number of anilines is 1.